The van der Waals surface area contributed by atoms with Gasteiger partial charge in [0.25, 0.3) is 0 Å². The summed E-state index contributed by atoms with van der Waals surface area (Å²) in [6.07, 6.45) is 1.20. The van der Waals surface area contributed by atoms with Gasteiger partial charge in [0.15, 0.2) is 5.79 Å². The van der Waals surface area contributed by atoms with Gasteiger partial charge in [0.2, 0.25) is 15.9 Å². The van der Waals surface area contributed by atoms with Crippen LogP contribution in [-0.2, 0) is 19.5 Å². The lowest BCUT2D eigenvalue weighted by Crippen LogP contribution is -2.60. The van der Waals surface area contributed by atoms with E-state index in [0.29, 0.717) is 39.0 Å². The highest BCUT2D eigenvalue weighted by molar-refractivity contribution is 7.89. The van der Waals surface area contributed by atoms with Crippen LogP contribution < -0.4 is 0 Å². The molecule has 10 heteroatoms. The molecule has 1 saturated carbocycles. The summed E-state index contributed by atoms with van der Waals surface area (Å²) < 4.78 is 80.5. The molecule has 0 N–H and O–H groups in total. The van der Waals surface area contributed by atoms with Crippen molar-refractivity contribution in [2.75, 3.05) is 39.4 Å². The Morgan fingerprint density at radius 2 is 1.70 bits per heavy atom. The molecule has 2 heterocycles. The third-order valence-corrected chi connectivity index (χ3v) is 8.06. The van der Waals surface area contributed by atoms with Crippen LogP contribution in [0.15, 0.2) is 29.2 Å². The number of benzene rings is 1. The predicted molar refractivity (Wildman–Crippen MR) is 103 cm³/mol. The van der Waals surface area contributed by atoms with E-state index in [-0.39, 0.29) is 43.5 Å². The number of alkyl halides is 2. The van der Waals surface area contributed by atoms with E-state index in [0.717, 1.165) is 6.07 Å². The van der Waals surface area contributed by atoms with E-state index in [9.17, 15) is 21.6 Å². The van der Waals surface area contributed by atoms with Crippen LogP contribution in [-0.4, -0.2) is 74.8 Å². The Kier molecular flexibility index (Phi) is 6.15. The summed E-state index contributed by atoms with van der Waals surface area (Å²) in [6.45, 7) is 1.51. The van der Waals surface area contributed by atoms with Gasteiger partial charge in [0.1, 0.15) is 10.7 Å². The van der Waals surface area contributed by atoms with Crippen LogP contribution in [0.3, 0.4) is 0 Å². The molecule has 3 fully saturated rings. The second-order valence-corrected chi connectivity index (χ2v) is 10.2. The van der Waals surface area contributed by atoms with E-state index < -0.39 is 27.6 Å². The molecule has 1 spiro atoms. The zero-order valence-corrected chi connectivity index (χ0v) is 17.6. The van der Waals surface area contributed by atoms with Crippen molar-refractivity contribution in [1.29, 1.82) is 0 Å². The van der Waals surface area contributed by atoms with Gasteiger partial charge in [-0.25, -0.2) is 21.6 Å². The molecule has 1 aromatic carbocycles. The van der Waals surface area contributed by atoms with Gasteiger partial charge in [-0.2, -0.15) is 4.31 Å². The monoisotopic (exact) mass is 448 g/mol. The highest BCUT2D eigenvalue weighted by Gasteiger charge is 2.47. The molecule has 1 aliphatic carbocycles. The number of hydrogen-bond acceptors (Lipinski definition) is 5. The number of sulfonamides is 1. The topological polar surface area (TPSA) is 59.1 Å². The average molecular weight is 449 g/mol. The third-order valence-electron chi connectivity index (χ3n) is 6.18. The standard InChI is InChI=1S/C20H27F3N2O4S/c21-17-4-1-2-5-18(17)30(26,27)25-11-13-29-20(15-25)14-24(10-3-12-28-20)16-6-8-19(22,23)9-7-16/h1-2,4-5,16H,3,6-15H2. The lowest BCUT2D eigenvalue weighted by atomic mass is 9.90. The Morgan fingerprint density at radius 3 is 2.43 bits per heavy atom. The van der Waals surface area contributed by atoms with Crippen LogP contribution in [0.4, 0.5) is 13.2 Å². The maximum Gasteiger partial charge on any atom is 0.248 e. The molecule has 1 aromatic rings. The zero-order chi connectivity index (χ0) is 21.4. The Balaban J connectivity index is 1.52. The van der Waals surface area contributed by atoms with Gasteiger partial charge < -0.3 is 9.47 Å². The molecular formula is C20H27F3N2O4S. The van der Waals surface area contributed by atoms with Crippen molar-refractivity contribution in [1.82, 2.24) is 9.21 Å². The first-order chi connectivity index (χ1) is 14.2. The fraction of sp³-hybridized carbons (Fsp3) is 0.700. The highest BCUT2D eigenvalue weighted by Crippen LogP contribution is 2.37. The molecule has 1 atom stereocenters. The lowest BCUT2D eigenvalue weighted by molar-refractivity contribution is -0.259. The van der Waals surface area contributed by atoms with Crippen LogP contribution in [0.1, 0.15) is 32.1 Å². The molecular weight excluding hydrogens is 421 g/mol. The number of rotatable bonds is 3. The number of hydrogen-bond donors (Lipinski definition) is 0. The zero-order valence-electron chi connectivity index (χ0n) is 16.7. The van der Waals surface area contributed by atoms with E-state index in [1.54, 1.807) is 0 Å². The fourth-order valence-electron chi connectivity index (χ4n) is 4.57. The van der Waals surface area contributed by atoms with Crippen molar-refractivity contribution >= 4 is 10.0 Å². The molecule has 1 unspecified atom stereocenters. The van der Waals surface area contributed by atoms with Gasteiger partial charge in [-0.1, -0.05) is 12.1 Å². The third kappa shape index (κ3) is 4.52. The van der Waals surface area contributed by atoms with E-state index in [4.69, 9.17) is 9.47 Å². The summed E-state index contributed by atoms with van der Waals surface area (Å²) in [4.78, 5) is 1.73. The molecule has 0 aromatic heterocycles. The molecule has 30 heavy (non-hydrogen) atoms. The summed E-state index contributed by atoms with van der Waals surface area (Å²) in [5, 5.41) is 0. The van der Waals surface area contributed by atoms with Gasteiger partial charge in [-0.15, -0.1) is 0 Å². The minimum absolute atomic E-state index is 0.00893. The fourth-order valence-corrected chi connectivity index (χ4v) is 6.09. The van der Waals surface area contributed by atoms with Gasteiger partial charge in [-0.05, 0) is 31.4 Å². The van der Waals surface area contributed by atoms with Crippen LogP contribution in [0, 0.1) is 5.82 Å². The number of nitrogens with zero attached hydrogens (tertiary/aromatic N) is 2. The van der Waals surface area contributed by atoms with E-state index in [1.165, 1.54) is 22.5 Å². The average Bonchev–Trinajstić information content (AvgIpc) is 2.91. The summed E-state index contributed by atoms with van der Waals surface area (Å²) in [6, 6.07) is 5.27. The second kappa shape index (κ2) is 8.38. The maximum absolute atomic E-state index is 14.2. The van der Waals surface area contributed by atoms with Gasteiger partial charge in [-0.3, -0.25) is 4.90 Å². The predicted octanol–water partition coefficient (Wildman–Crippen LogP) is 2.84. The number of ether oxygens (including phenoxy) is 2. The molecule has 6 nitrogen and oxygen atoms in total. The van der Waals surface area contributed by atoms with E-state index in [2.05, 4.69) is 4.90 Å². The quantitative estimate of drug-likeness (QED) is 0.712. The number of halogens is 3. The van der Waals surface area contributed by atoms with Crippen molar-refractivity contribution in [3.05, 3.63) is 30.1 Å². The molecule has 168 valence electrons. The molecule has 0 bridgehead atoms. The highest BCUT2D eigenvalue weighted by atomic mass is 32.2. The van der Waals surface area contributed by atoms with Crippen LogP contribution >= 0.6 is 0 Å². The van der Waals surface area contributed by atoms with Crippen LogP contribution in [0.2, 0.25) is 0 Å². The summed E-state index contributed by atoms with van der Waals surface area (Å²) in [7, 11) is -4.06. The first kappa shape index (κ1) is 22.0. The maximum atomic E-state index is 14.2. The van der Waals surface area contributed by atoms with Gasteiger partial charge in [0, 0.05) is 32.0 Å². The summed E-state index contributed by atoms with van der Waals surface area (Å²) >= 11 is 0. The smallest absolute Gasteiger partial charge is 0.248 e. The van der Waals surface area contributed by atoms with Crippen molar-refractivity contribution in [3.63, 3.8) is 0 Å². The van der Waals surface area contributed by atoms with Gasteiger partial charge >= 0.3 is 0 Å². The Hall–Kier alpha value is -1.20. The van der Waals surface area contributed by atoms with Crippen molar-refractivity contribution in [3.8, 4) is 0 Å². The van der Waals surface area contributed by atoms with Crippen molar-refractivity contribution < 1.29 is 31.1 Å². The molecule has 2 aliphatic heterocycles. The van der Waals surface area contributed by atoms with Crippen LogP contribution in [0.5, 0.6) is 0 Å². The number of morpholine rings is 1. The van der Waals surface area contributed by atoms with E-state index >= 15 is 0 Å². The lowest BCUT2D eigenvalue weighted by Gasteiger charge is -2.44. The molecule has 0 amide bonds. The van der Waals surface area contributed by atoms with E-state index in [1.807, 2.05) is 0 Å². The summed E-state index contributed by atoms with van der Waals surface area (Å²) in [5.41, 5.74) is 0. The van der Waals surface area contributed by atoms with Crippen LogP contribution in [0.25, 0.3) is 0 Å². The summed E-state index contributed by atoms with van der Waals surface area (Å²) in [5.74, 6) is -4.60. The minimum atomic E-state index is -4.06. The Bertz CT molecular complexity index is 859. The van der Waals surface area contributed by atoms with Crippen molar-refractivity contribution in [2.24, 2.45) is 0 Å². The first-order valence-electron chi connectivity index (χ1n) is 10.4. The Morgan fingerprint density at radius 1 is 1.00 bits per heavy atom. The first-order valence-corrected chi connectivity index (χ1v) is 11.8. The molecule has 3 aliphatic rings. The largest absolute Gasteiger partial charge is 0.347 e. The SMILES string of the molecule is O=S(=O)(c1ccccc1F)N1CCOC2(CN(C3CCC(F)(F)CC3)CCCO2)C1. The molecule has 4 rings (SSSR count). The normalized spacial score (nSPS) is 29.7. The molecule has 0 radical (unpaired) electrons. The second-order valence-electron chi connectivity index (χ2n) is 8.29. The van der Waals surface area contributed by atoms with Crippen molar-refractivity contribution in [2.45, 2.75) is 54.8 Å². The Labute approximate surface area is 175 Å². The minimum Gasteiger partial charge on any atom is -0.347 e. The molecule has 2 saturated heterocycles. The van der Waals surface area contributed by atoms with Gasteiger partial charge in [0.05, 0.1) is 26.3 Å².